The van der Waals surface area contributed by atoms with Crippen molar-refractivity contribution in [1.82, 2.24) is 10.6 Å². The minimum Gasteiger partial charge on any atom is -0.467 e. The first kappa shape index (κ1) is 27.6. The molecule has 0 aliphatic heterocycles. The summed E-state index contributed by atoms with van der Waals surface area (Å²) in [6.07, 6.45) is 4.94. The fraction of sp³-hybridized carbons (Fsp3) is 0.314. The molecule has 5 rings (SSSR count). The third-order valence-electron chi connectivity index (χ3n) is 8.17. The van der Waals surface area contributed by atoms with Gasteiger partial charge in [0.15, 0.2) is 0 Å². The highest BCUT2D eigenvalue weighted by Crippen LogP contribution is 2.34. The molecule has 1 amide bonds. The number of benzene rings is 4. The Labute approximate surface area is 237 Å². The number of hydrogen-bond donors (Lipinski definition) is 2. The Balaban J connectivity index is 1.21. The average molecular weight is 535 g/mol. The van der Waals surface area contributed by atoms with E-state index >= 15 is 0 Å². The summed E-state index contributed by atoms with van der Waals surface area (Å²) in [7, 11) is 1.34. The van der Waals surface area contributed by atoms with Gasteiger partial charge in [0.25, 0.3) is 5.91 Å². The van der Waals surface area contributed by atoms with Crippen molar-refractivity contribution in [2.45, 2.75) is 63.1 Å². The second kappa shape index (κ2) is 12.9. The Hall–Kier alpha value is -3.96. The first-order chi connectivity index (χ1) is 19.5. The Bertz CT molecular complexity index is 1430. The highest BCUT2D eigenvalue weighted by molar-refractivity contribution is 5.96. The third-order valence-corrected chi connectivity index (χ3v) is 8.17. The van der Waals surface area contributed by atoms with Gasteiger partial charge in [-0.25, -0.2) is 4.79 Å². The summed E-state index contributed by atoms with van der Waals surface area (Å²) in [5.74, 6) is -0.277. The molecule has 0 aromatic heterocycles. The number of ether oxygens (including phenoxy) is 1. The van der Waals surface area contributed by atoms with Crippen molar-refractivity contribution in [2.75, 3.05) is 7.11 Å². The summed E-state index contributed by atoms with van der Waals surface area (Å²) in [6, 6.07) is 32.6. The predicted octanol–water partition coefficient (Wildman–Crippen LogP) is 6.73. The molecule has 2 N–H and O–H groups in total. The van der Waals surface area contributed by atoms with Crippen molar-refractivity contribution in [3.63, 3.8) is 0 Å². The minimum absolute atomic E-state index is 0.263. The molecule has 0 saturated heterocycles. The molecule has 206 valence electrons. The van der Waals surface area contributed by atoms with Crippen molar-refractivity contribution in [2.24, 2.45) is 0 Å². The van der Waals surface area contributed by atoms with E-state index in [-0.39, 0.29) is 11.9 Å². The molecular formula is C35H38N2O3. The van der Waals surface area contributed by atoms with Crippen LogP contribution in [0.5, 0.6) is 0 Å². The molecule has 1 aliphatic carbocycles. The van der Waals surface area contributed by atoms with Crippen LogP contribution in [0.25, 0.3) is 10.8 Å². The smallest absolute Gasteiger partial charge is 0.328 e. The van der Waals surface area contributed by atoms with Gasteiger partial charge in [-0.05, 0) is 71.7 Å². The fourth-order valence-corrected chi connectivity index (χ4v) is 6.05. The summed E-state index contributed by atoms with van der Waals surface area (Å²) >= 11 is 0. The van der Waals surface area contributed by atoms with Gasteiger partial charge in [0.1, 0.15) is 6.04 Å². The SMILES string of the molecule is COC(=O)[C@@H](Cc1ccccc1)NC(=O)c1ccc([C@H]2CCCC(NC(C)c3cccc4ccccc34)C2)cc1. The van der Waals surface area contributed by atoms with E-state index in [4.69, 9.17) is 4.74 Å². The van der Waals surface area contributed by atoms with Gasteiger partial charge < -0.3 is 15.4 Å². The van der Waals surface area contributed by atoms with Gasteiger partial charge in [-0.3, -0.25) is 4.79 Å². The summed E-state index contributed by atoms with van der Waals surface area (Å²) in [6.45, 7) is 2.26. The van der Waals surface area contributed by atoms with E-state index in [1.165, 1.54) is 41.9 Å². The van der Waals surface area contributed by atoms with E-state index in [9.17, 15) is 9.59 Å². The number of amides is 1. The number of carbonyl (C=O) groups is 2. The van der Waals surface area contributed by atoms with Crippen LogP contribution >= 0.6 is 0 Å². The van der Waals surface area contributed by atoms with Crippen LogP contribution in [0.4, 0.5) is 0 Å². The van der Waals surface area contributed by atoms with Crippen LogP contribution in [0, 0.1) is 0 Å². The maximum Gasteiger partial charge on any atom is 0.328 e. The van der Waals surface area contributed by atoms with Crippen molar-refractivity contribution >= 4 is 22.6 Å². The molecular weight excluding hydrogens is 496 g/mol. The Morgan fingerprint density at radius 2 is 1.60 bits per heavy atom. The lowest BCUT2D eigenvalue weighted by Gasteiger charge is -2.32. The molecule has 4 aromatic carbocycles. The molecule has 2 unspecified atom stereocenters. The van der Waals surface area contributed by atoms with Crippen molar-refractivity contribution in [3.05, 3.63) is 119 Å². The van der Waals surface area contributed by atoms with Gasteiger partial charge in [0.05, 0.1) is 7.11 Å². The average Bonchev–Trinajstić information content (AvgIpc) is 3.00. The van der Waals surface area contributed by atoms with E-state index in [1.54, 1.807) is 0 Å². The molecule has 0 heterocycles. The number of carbonyl (C=O) groups excluding carboxylic acids is 2. The second-order valence-electron chi connectivity index (χ2n) is 10.9. The van der Waals surface area contributed by atoms with E-state index < -0.39 is 12.0 Å². The van der Waals surface area contributed by atoms with Gasteiger partial charge in [0.2, 0.25) is 0 Å². The lowest BCUT2D eigenvalue weighted by molar-refractivity contribution is -0.142. The van der Waals surface area contributed by atoms with E-state index in [0.29, 0.717) is 23.9 Å². The van der Waals surface area contributed by atoms with Crippen molar-refractivity contribution in [3.8, 4) is 0 Å². The lowest BCUT2D eigenvalue weighted by Crippen LogP contribution is -2.43. The lowest BCUT2D eigenvalue weighted by atomic mass is 9.80. The number of hydrogen-bond acceptors (Lipinski definition) is 4. The first-order valence-corrected chi connectivity index (χ1v) is 14.3. The summed E-state index contributed by atoms with van der Waals surface area (Å²) in [5, 5.41) is 9.36. The van der Waals surface area contributed by atoms with E-state index in [2.05, 4.69) is 72.2 Å². The topological polar surface area (TPSA) is 67.4 Å². The van der Waals surface area contributed by atoms with E-state index in [1.807, 2.05) is 42.5 Å². The molecule has 0 radical (unpaired) electrons. The van der Waals surface area contributed by atoms with Gasteiger partial charge >= 0.3 is 5.97 Å². The van der Waals surface area contributed by atoms with Crippen LogP contribution in [0.1, 0.15) is 71.6 Å². The van der Waals surface area contributed by atoms with Crippen molar-refractivity contribution in [1.29, 1.82) is 0 Å². The van der Waals surface area contributed by atoms with Crippen LogP contribution in [0.3, 0.4) is 0 Å². The first-order valence-electron chi connectivity index (χ1n) is 14.3. The fourth-order valence-electron chi connectivity index (χ4n) is 6.05. The Kier molecular flexibility index (Phi) is 8.92. The van der Waals surface area contributed by atoms with Crippen LogP contribution in [0.2, 0.25) is 0 Å². The molecule has 40 heavy (non-hydrogen) atoms. The zero-order valence-corrected chi connectivity index (χ0v) is 23.3. The molecule has 4 atom stereocenters. The van der Waals surface area contributed by atoms with E-state index in [0.717, 1.165) is 18.4 Å². The standard InChI is InChI=1S/C35H38N2O3/c1-24(31-17-9-13-27-12-6-7-16-32(27)31)36-30-15-8-14-29(23-30)26-18-20-28(21-19-26)34(38)37-33(35(39)40-2)22-25-10-4-3-5-11-25/h3-7,9-13,16-21,24,29-30,33,36H,8,14-15,22-23H2,1-2H3,(H,37,38)/t24?,29-,30?,33+/m0/s1. The largest absolute Gasteiger partial charge is 0.467 e. The number of methoxy groups -OCH3 is 1. The number of nitrogens with one attached hydrogen (secondary N) is 2. The number of esters is 1. The normalized spacial score (nSPS) is 18.6. The highest BCUT2D eigenvalue weighted by atomic mass is 16.5. The zero-order valence-electron chi connectivity index (χ0n) is 23.3. The molecule has 0 spiro atoms. The zero-order chi connectivity index (χ0) is 27.9. The Morgan fingerprint density at radius 1 is 0.875 bits per heavy atom. The number of fused-ring (bicyclic) bond motifs is 1. The molecule has 5 nitrogen and oxygen atoms in total. The van der Waals surface area contributed by atoms with Crippen LogP contribution in [-0.2, 0) is 16.0 Å². The van der Waals surface area contributed by atoms with Gasteiger partial charge in [-0.1, -0.05) is 91.3 Å². The monoisotopic (exact) mass is 534 g/mol. The molecule has 1 fully saturated rings. The van der Waals surface area contributed by atoms with Crippen molar-refractivity contribution < 1.29 is 14.3 Å². The molecule has 0 bridgehead atoms. The maximum absolute atomic E-state index is 13.0. The van der Waals surface area contributed by atoms with Crippen LogP contribution < -0.4 is 10.6 Å². The number of rotatable bonds is 9. The molecule has 5 heteroatoms. The summed E-state index contributed by atoms with van der Waals surface area (Å²) < 4.78 is 4.95. The molecule has 4 aromatic rings. The van der Waals surface area contributed by atoms with Gasteiger partial charge in [-0.15, -0.1) is 0 Å². The highest BCUT2D eigenvalue weighted by Gasteiger charge is 2.26. The quantitative estimate of drug-likeness (QED) is 0.234. The Morgan fingerprint density at radius 3 is 2.38 bits per heavy atom. The minimum atomic E-state index is -0.742. The maximum atomic E-state index is 13.0. The predicted molar refractivity (Wildman–Crippen MR) is 160 cm³/mol. The summed E-state index contributed by atoms with van der Waals surface area (Å²) in [5.41, 5.74) is 4.10. The summed E-state index contributed by atoms with van der Waals surface area (Å²) in [4.78, 5) is 25.4. The van der Waals surface area contributed by atoms with Gasteiger partial charge in [-0.2, -0.15) is 0 Å². The van der Waals surface area contributed by atoms with Crippen LogP contribution in [0.15, 0.2) is 97.1 Å². The molecule has 1 saturated carbocycles. The molecule has 1 aliphatic rings. The van der Waals surface area contributed by atoms with Crippen LogP contribution in [-0.4, -0.2) is 31.1 Å². The third kappa shape index (κ3) is 6.60. The van der Waals surface area contributed by atoms with Gasteiger partial charge in [0, 0.05) is 24.1 Å². The second-order valence-corrected chi connectivity index (χ2v) is 10.9.